The number of aliphatic hydroxyl groups excluding tert-OH is 1. The maximum absolute atomic E-state index is 10.4. The number of nitrogens with zero attached hydrogens (tertiary/aromatic N) is 4. The van der Waals surface area contributed by atoms with Crippen LogP contribution in [-0.4, -0.2) is 31.4 Å². The van der Waals surface area contributed by atoms with Crippen LogP contribution in [0, 0.1) is 5.41 Å². The highest BCUT2D eigenvalue weighted by molar-refractivity contribution is 5.43. The van der Waals surface area contributed by atoms with Gasteiger partial charge in [0.2, 0.25) is 0 Å². The van der Waals surface area contributed by atoms with Crippen LogP contribution in [-0.2, 0) is 6.42 Å². The van der Waals surface area contributed by atoms with Gasteiger partial charge in [0.1, 0.15) is 5.75 Å². The number of aliphatic hydroxyl groups is 1. The zero-order valence-electron chi connectivity index (χ0n) is 15.2. The normalized spacial score (nSPS) is 26.4. The zero-order chi connectivity index (χ0) is 18.4. The largest absolute Gasteiger partial charge is 0.423 e. The van der Waals surface area contributed by atoms with Crippen molar-refractivity contribution in [1.82, 2.24) is 20.2 Å². The third-order valence-electron chi connectivity index (χ3n) is 6.36. The van der Waals surface area contributed by atoms with E-state index in [1.165, 1.54) is 11.1 Å². The fraction of sp³-hybridized carbons (Fsp3) is 0.381. The molecule has 2 aromatic carbocycles. The molecule has 0 radical (unpaired) electrons. The average Bonchev–Trinajstić information content (AvgIpc) is 3.27. The maximum atomic E-state index is 10.4. The SMILES string of the molecule is C[C@]12CCc3cc(Oc4nnnn4-c4ccccc4)ccc3[C@@H]1CC[C@@H]2O. The van der Waals surface area contributed by atoms with Crippen molar-refractivity contribution in [2.45, 2.75) is 44.6 Å². The molecular weight excluding hydrogens is 340 g/mol. The van der Waals surface area contributed by atoms with E-state index in [4.69, 9.17) is 4.74 Å². The Bertz CT molecular complexity index is 971. The van der Waals surface area contributed by atoms with Gasteiger partial charge in [-0.3, -0.25) is 0 Å². The van der Waals surface area contributed by atoms with Gasteiger partial charge in [-0.1, -0.05) is 36.3 Å². The van der Waals surface area contributed by atoms with Crippen LogP contribution < -0.4 is 4.74 Å². The van der Waals surface area contributed by atoms with Crippen LogP contribution in [0.5, 0.6) is 11.8 Å². The molecule has 1 N–H and O–H groups in total. The number of benzene rings is 2. The van der Waals surface area contributed by atoms with Gasteiger partial charge in [-0.05, 0) is 77.4 Å². The standard InChI is InChI=1S/C21H22N4O2/c1-21-12-11-14-13-16(7-8-17(14)18(21)9-10-19(21)26)27-20-22-23-24-25(20)15-5-3-2-4-6-15/h2-8,13,18-19,26H,9-12H2,1H3/t18-,19-,21-/m0/s1. The molecule has 0 unspecified atom stereocenters. The summed E-state index contributed by atoms with van der Waals surface area (Å²) in [7, 11) is 0. The Morgan fingerprint density at radius 3 is 2.85 bits per heavy atom. The average molecular weight is 362 g/mol. The molecule has 6 nitrogen and oxygen atoms in total. The number of hydrogen-bond donors (Lipinski definition) is 1. The van der Waals surface area contributed by atoms with Gasteiger partial charge in [0.05, 0.1) is 11.8 Å². The third-order valence-corrected chi connectivity index (χ3v) is 6.36. The first kappa shape index (κ1) is 16.4. The van der Waals surface area contributed by atoms with E-state index in [0.717, 1.165) is 37.1 Å². The third kappa shape index (κ3) is 2.63. The van der Waals surface area contributed by atoms with Gasteiger partial charge in [-0.15, -0.1) is 0 Å². The molecule has 1 aromatic heterocycles. The number of para-hydroxylation sites is 1. The molecule has 0 saturated heterocycles. The number of hydrogen-bond acceptors (Lipinski definition) is 5. The first-order valence-corrected chi connectivity index (χ1v) is 9.48. The van der Waals surface area contributed by atoms with Crippen LogP contribution in [0.2, 0.25) is 0 Å². The Kier molecular flexibility index (Phi) is 3.75. The monoisotopic (exact) mass is 362 g/mol. The minimum atomic E-state index is -0.193. The molecular formula is C21H22N4O2. The van der Waals surface area contributed by atoms with Crippen molar-refractivity contribution in [2.75, 3.05) is 0 Å². The number of fused-ring (bicyclic) bond motifs is 3. The Labute approximate surface area is 157 Å². The molecule has 1 fully saturated rings. The van der Waals surface area contributed by atoms with E-state index in [1.54, 1.807) is 4.68 Å². The second-order valence-corrected chi connectivity index (χ2v) is 7.82. The summed E-state index contributed by atoms with van der Waals surface area (Å²) >= 11 is 0. The highest BCUT2D eigenvalue weighted by atomic mass is 16.5. The van der Waals surface area contributed by atoms with Crippen molar-refractivity contribution < 1.29 is 9.84 Å². The van der Waals surface area contributed by atoms with E-state index in [9.17, 15) is 5.11 Å². The van der Waals surface area contributed by atoms with Gasteiger partial charge in [0, 0.05) is 5.41 Å². The van der Waals surface area contributed by atoms with Crippen LogP contribution in [0.1, 0.15) is 43.2 Å². The molecule has 27 heavy (non-hydrogen) atoms. The number of aromatic nitrogens is 4. The zero-order valence-corrected chi connectivity index (χ0v) is 15.2. The van der Waals surface area contributed by atoms with Gasteiger partial charge in [-0.2, -0.15) is 4.68 Å². The second kappa shape index (κ2) is 6.16. The molecule has 3 aromatic rings. The van der Waals surface area contributed by atoms with Gasteiger partial charge in [-0.25, -0.2) is 0 Å². The maximum Gasteiger partial charge on any atom is 0.345 e. The molecule has 2 aliphatic carbocycles. The first-order chi connectivity index (χ1) is 13.1. The number of rotatable bonds is 3. The number of tetrazole rings is 1. The summed E-state index contributed by atoms with van der Waals surface area (Å²) < 4.78 is 7.59. The minimum absolute atomic E-state index is 0.00672. The molecule has 5 rings (SSSR count). The van der Waals surface area contributed by atoms with Crippen molar-refractivity contribution in [3.05, 3.63) is 59.7 Å². The molecule has 1 heterocycles. The quantitative estimate of drug-likeness (QED) is 0.770. The molecule has 1 saturated carbocycles. The first-order valence-electron chi connectivity index (χ1n) is 9.48. The fourth-order valence-corrected chi connectivity index (χ4v) is 4.75. The molecule has 0 amide bonds. The Morgan fingerprint density at radius 2 is 2.00 bits per heavy atom. The van der Waals surface area contributed by atoms with Gasteiger partial charge in [0.15, 0.2) is 0 Å². The number of aryl methyl sites for hydroxylation is 1. The lowest BCUT2D eigenvalue weighted by molar-refractivity contribution is 0.0457. The van der Waals surface area contributed by atoms with Gasteiger partial charge >= 0.3 is 6.01 Å². The van der Waals surface area contributed by atoms with Crippen molar-refractivity contribution in [3.8, 4) is 17.4 Å². The summed E-state index contributed by atoms with van der Waals surface area (Å²) in [4.78, 5) is 0. The van der Waals surface area contributed by atoms with Crippen LogP contribution in [0.25, 0.3) is 5.69 Å². The van der Waals surface area contributed by atoms with Crippen molar-refractivity contribution in [1.29, 1.82) is 0 Å². The summed E-state index contributed by atoms with van der Waals surface area (Å²) in [5, 5.41) is 22.2. The lowest BCUT2D eigenvalue weighted by atomic mass is 9.66. The highest BCUT2D eigenvalue weighted by Crippen LogP contribution is 2.55. The molecule has 138 valence electrons. The summed E-state index contributed by atoms with van der Waals surface area (Å²) in [6, 6.07) is 16.3. The van der Waals surface area contributed by atoms with Crippen LogP contribution >= 0.6 is 0 Å². The van der Waals surface area contributed by atoms with Crippen LogP contribution in [0.4, 0.5) is 0 Å². The van der Waals surface area contributed by atoms with E-state index >= 15 is 0 Å². The van der Waals surface area contributed by atoms with E-state index in [2.05, 4.69) is 34.6 Å². The second-order valence-electron chi connectivity index (χ2n) is 7.82. The van der Waals surface area contributed by atoms with E-state index in [-0.39, 0.29) is 11.5 Å². The topological polar surface area (TPSA) is 73.1 Å². The molecule has 6 heteroatoms. The predicted molar refractivity (Wildman–Crippen MR) is 100 cm³/mol. The summed E-state index contributed by atoms with van der Waals surface area (Å²) in [5.74, 6) is 1.17. The predicted octanol–water partition coefficient (Wildman–Crippen LogP) is 3.65. The smallest absolute Gasteiger partial charge is 0.345 e. The summed E-state index contributed by atoms with van der Waals surface area (Å²) in [6.45, 7) is 2.23. The Balaban J connectivity index is 1.44. The Morgan fingerprint density at radius 1 is 1.15 bits per heavy atom. The molecule has 2 aliphatic rings. The minimum Gasteiger partial charge on any atom is -0.423 e. The molecule has 0 spiro atoms. The fourth-order valence-electron chi connectivity index (χ4n) is 4.75. The summed E-state index contributed by atoms with van der Waals surface area (Å²) in [5.41, 5.74) is 3.52. The van der Waals surface area contributed by atoms with Crippen molar-refractivity contribution in [3.63, 3.8) is 0 Å². The van der Waals surface area contributed by atoms with Crippen molar-refractivity contribution in [2.24, 2.45) is 5.41 Å². The molecule has 0 aliphatic heterocycles. The summed E-state index contributed by atoms with van der Waals surface area (Å²) in [6.07, 6.45) is 3.72. The van der Waals surface area contributed by atoms with Crippen LogP contribution in [0.15, 0.2) is 48.5 Å². The highest BCUT2D eigenvalue weighted by Gasteiger charge is 2.48. The Hall–Kier alpha value is -2.73. The molecule has 0 bridgehead atoms. The number of ether oxygens (including phenoxy) is 1. The van der Waals surface area contributed by atoms with Crippen LogP contribution in [0.3, 0.4) is 0 Å². The molecule has 3 atom stereocenters. The van der Waals surface area contributed by atoms with Crippen molar-refractivity contribution >= 4 is 0 Å². The van der Waals surface area contributed by atoms with Gasteiger partial charge in [0.25, 0.3) is 0 Å². The van der Waals surface area contributed by atoms with E-state index in [1.807, 2.05) is 36.4 Å². The lowest BCUT2D eigenvalue weighted by Gasteiger charge is -2.40. The lowest BCUT2D eigenvalue weighted by Crippen LogP contribution is -2.35. The van der Waals surface area contributed by atoms with E-state index in [0.29, 0.717) is 11.9 Å². The van der Waals surface area contributed by atoms with E-state index < -0.39 is 0 Å². The van der Waals surface area contributed by atoms with Gasteiger partial charge < -0.3 is 9.84 Å².